The molecule has 0 radical (unpaired) electrons. The van der Waals surface area contributed by atoms with Crippen LogP contribution in [0.1, 0.15) is 23.7 Å². The molecule has 1 unspecified atom stereocenters. The van der Waals surface area contributed by atoms with Gasteiger partial charge >= 0.3 is 0 Å². The van der Waals surface area contributed by atoms with Crippen molar-refractivity contribution in [2.45, 2.75) is 18.2 Å². The monoisotopic (exact) mass is 274 g/mol. The Morgan fingerprint density at radius 2 is 1.79 bits per heavy atom. The Morgan fingerprint density at radius 1 is 1.11 bits per heavy atom. The molecular weight excluding hydrogens is 260 g/mol. The lowest BCUT2D eigenvalue weighted by molar-refractivity contribution is -0.116. The van der Waals surface area contributed by atoms with Crippen molar-refractivity contribution in [1.82, 2.24) is 0 Å². The third kappa shape index (κ3) is 3.22. The highest BCUT2D eigenvalue weighted by Crippen LogP contribution is 2.21. The fraction of sp³-hybridized carbons (Fsp3) is 0.200. The average Bonchev–Trinajstić information content (AvgIpc) is 2.36. The van der Waals surface area contributed by atoms with Crippen molar-refractivity contribution in [2.24, 2.45) is 0 Å². The van der Waals surface area contributed by atoms with Crippen molar-refractivity contribution in [3.63, 3.8) is 0 Å². The minimum atomic E-state index is -1.05. The molecule has 3 nitrogen and oxygen atoms in total. The SMILES string of the molecule is CC(=O)CC(=O)c1ccc2ccc([S+](C)[O-])cc2c1. The second-order valence-corrected chi connectivity index (χ2v) is 5.86. The van der Waals surface area contributed by atoms with E-state index in [1.165, 1.54) is 6.92 Å². The number of carbonyl (C=O) groups is 2. The zero-order valence-electron chi connectivity index (χ0n) is 10.8. The maximum Gasteiger partial charge on any atom is 0.170 e. The van der Waals surface area contributed by atoms with Crippen molar-refractivity contribution in [3.05, 3.63) is 42.0 Å². The molecule has 0 saturated carbocycles. The van der Waals surface area contributed by atoms with Crippen molar-refractivity contribution in [2.75, 3.05) is 6.26 Å². The van der Waals surface area contributed by atoms with Gasteiger partial charge in [-0.15, -0.1) is 0 Å². The number of hydrogen-bond acceptors (Lipinski definition) is 3. The highest BCUT2D eigenvalue weighted by molar-refractivity contribution is 7.90. The normalized spacial score (nSPS) is 12.4. The Hall–Kier alpha value is -1.65. The summed E-state index contributed by atoms with van der Waals surface area (Å²) in [5, 5.41) is 1.84. The molecule has 2 aromatic rings. The van der Waals surface area contributed by atoms with Gasteiger partial charge in [0.25, 0.3) is 0 Å². The van der Waals surface area contributed by atoms with Crippen LogP contribution < -0.4 is 0 Å². The van der Waals surface area contributed by atoms with Gasteiger partial charge in [0.1, 0.15) is 12.0 Å². The first-order valence-electron chi connectivity index (χ1n) is 5.87. The standard InChI is InChI=1S/C15H14O3S/c1-10(16)7-15(17)12-4-3-11-5-6-14(19(2)18)9-13(11)8-12/h3-6,8-9H,7H2,1-2H3. The molecule has 0 saturated heterocycles. The first kappa shape index (κ1) is 13.8. The summed E-state index contributed by atoms with van der Waals surface area (Å²) < 4.78 is 11.5. The molecule has 0 heterocycles. The molecule has 2 aromatic carbocycles. The predicted molar refractivity (Wildman–Crippen MR) is 75.9 cm³/mol. The number of fused-ring (bicyclic) bond motifs is 1. The molecule has 0 aliphatic heterocycles. The number of carbonyl (C=O) groups excluding carboxylic acids is 2. The zero-order valence-corrected chi connectivity index (χ0v) is 11.6. The molecule has 98 valence electrons. The van der Waals surface area contributed by atoms with E-state index in [1.54, 1.807) is 18.4 Å². The lowest BCUT2D eigenvalue weighted by atomic mass is 10.0. The first-order valence-corrected chi connectivity index (χ1v) is 7.43. The number of benzene rings is 2. The zero-order chi connectivity index (χ0) is 14.0. The largest absolute Gasteiger partial charge is 0.612 e. The van der Waals surface area contributed by atoms with Crippen LogP contribution in [0.2, 0.25) is 0 Å². The van der Waals surface area contributed by atoms with Crippen LogP contribution in [0.4, 0.5) is 0 Å². The van der Waals surface area contributed by atoms with Crippen molar-refractivity contribution in [1.29, 1.82) is 0 Å². The fourth-order valence-corrected chi connectivity index (χ4v) is 2.46. The third-order valence-electron chi connectivity index (χ3n) is 2.88. The smallest absolute Gasteiger partial charge is 0.170 e. The van der Waals surface area contributed by atoms with Gasteiger partial charge in [0.05, 0.1) is 6.42 Å². The van der Waals surface area contributed by atoms with Crippen LogP contribution in [0.25, 0.3) is 10.8 Å². The minimum Gasteiger partial charge on any atom is -0.612 e. The third-order valence-corrected chi connectivity index (χ3v) is 3.79. The molecule has 0 aliphatic carbocycles. The molecule has 0 N–H and O–H groups in total. The van der Waals surface area contributed by atoms with E-state index < -0.39 is 11.2 Å². The maximum absolute atomic E-state index is 11.8. The van der Waals surface area contributed by atoms with Crippen molar-refractivity contribution < 1.29 is 14.1 Å². The van der Waals surface area contributed by atoms with Crippen LogP contribution in [0.15, 0.2) is 41.3 Å². The summed E-state index contributed by atoms with van der Waals surface area (Å²) in [6.45, 7) is 1.40. The Kier molecular flexibility index (Phi) is 4.02. The fourth-order valence-electron chi connectivity index (χ4n) is 1.91. The number of rotatable bonds is 4. The average molecular weight is 274 g/mol. The quantitative estimate of drug-likeness (QED) is 0.489. The topological polar surface area (TPSA) is 57.2 Å². The van der Waals surface area contributed by atoms with Gasteiger partial charge in [-0.3, -0.25) is 9.59 Å². The summed E-state index contributed by atoms with van der Waals surface area (Å²) in [6, 6.07) is 10.8. The molecule has 0 fully saturated rings. The molecule has 0 spiro atoms. The second kappa shape index (κ2) is 5.55. The number of ketones is 2. The second-order valence-electron chi connectivity index (χ2n) is 4.48. The molecule has 19 heavy (non-hydrogen) atoms. The van der Waals surface area contributed by atoms with Gasteiger partial charge in [0.15, 0.2) is 10.7 Å². The van der Waals surface area contributed by atoms with E-state index in [-0.39, 0.29) is 18.0 Å². The number of hydrogen-bond donors (Lipinski definition) is 0. The van der Waals surface area contributed by atoms with E-state index in [4.69, 9.17) is 0 Å². The maximum atomic E-state index is 11.8. The predicted octanol–water partition coefficient (Wildman–Crippen LogP) is 2.74. The summed E-state index contributed by atoms with van der Waals surface area (Å²) in [7, 11) is 0. The van der Waals surface area contributed by atoms with Crippen LogP contribution in [0, 0.1) is 0 Å². The molecule has 0 aromatic heterocycles. The van der Waals surface area contributed by atoms with Crippen LogP contribution in [0.5, 0.6) is 0 Å². The lowest BCUT2D eigenvalue weighted by Crippen LogP contribution is -2.04. The van der Waals surface area contributed by atoms with Gasteiger partial charge in [0, 0.05) is 11.6 Å². The van der Waals surface area contributed by atoms with Crippen LogP contribution in [-0.4, -0.2) is 22.4 Å². The van der Waals surface area contributed by atoms with E-state index in [2.05, 4.69) is 0 Å². The Morgan fingerprint density at radius 3 is 2.42 bits per heavy atom. The van der Waals surface area contributed by atoms with Gasteiger partial charge in [0.2, 0.25) is 0 Å². The molecule has 0 amide bonds. The van der Waals surface area contributed by atoms with Crippen molar-refractivity contribution in [3.8, 4) is 0 Å². The highest BCUT2D eigenvalue weighted by Gasteiger charge is 2.10. The Bertz CT molecular complexity index is 647. The van der Waals surface area contributed by atoms with E-state index in [0.717, 1.165) is 15.7 Å². The number of Topliss-reactive ketones (excluding diaryl/α,β-unsaturated/α-hetero) is 2. The van der Waals surface area contributed by atoms with E-state index in [0.29, 0.717) is 5.56 Å². The van der Waals surface area contributed by atoms with Gasteiger partial charge in [-0.2, -0.15) is 0 Å². The molecule has 1 atom stereocenters. The minimum absolute atomic E-state index is 0.0785. The molecule has 0 bridgehead atoms. The summed E-state index contributed by atoms with van der Waals surface area (Å²) >= 11 is -1.05. The van der Waals surface area contributed by atoms with Crippen LogP contribution >= 0.6 is 0 Å². The van der Waals surface area contributed by atoms with E-state index in [1.807, 2.05) is 24.3 Å². The highest BCUT2D eigenvalue weighted by atomic mass is 32.2. The molecular formula is C15H14O3S. The summed E-state index contributed by atoms with van der Waals surface area (Å²) in [6.07, 6.45) is 1.54. The summed E-state index contributed by atoms with van der Waals surface area (Å²) in [5.41, 5.74) is 0.515. The van der Waals surface area contributed by atoms with Crippen LogP contribution in [-0.2, 0) is 16.0 Å². The van der Waals surface area contributed by atoms with Gasteiger partial charge in [-0.1, -0.05) is 12.1 Å². The lowest BCUT2D eigenvalue weighted by Gasteiger charge is -2.06. The van der Waals surface area contributed by atoms with Crippen LogP contribution in [0.3, 0.4) is 0 Å². The van der Waals surface area contributed by atoms with E-state index >= 15 is 0 Å². The molecule has 0 aliphatic rings. The first-order chi connectivity index (χ1) is 8.97. The Balaban J connectivity index is 2.43. The summed E-state index contributed by atoms with van der Waals surface area (Å²) in [5.74, 6) is -0.328. The molecule has 2 rings (SSSR count). The van der Waals surface area contributed by atoms with E-state index in [9.17, 15) is 14.1 Å². The van der Waals surface area contributed by atoms with Gasteiger partial charge in [-0.05, 0) is 47.1 Å². The van der Waals surface area contributed by atoms with Gasteiger partial charge in [-0.25, -0.2) is 0 Å². The summed E-state index contributed by atoms with van der Waals surface area (Å²) in [4.78, 5) is 23.5. The Labute approximate surface area is 114 Å². The van der Waals surface area contributed by atoms with Crippen molar-refractivity contribution >= 4 is 33.5 Å². The van der Waals surface area contributed by atoms with Gasteiger partial charge < -0.3 is 4.55 Å². The molecule has 4 heteroatoms.